The highest BCUT2D eigenvalue weighted by atomic mass is 35.5. The second-order valence-corrected chi connectivity index (χ2v) is 4.75. The molecule has 0 saturated heterocycles. The van der Waals surface area contributed by atoms with Crippen molar-refractivity contribution < 1.29 is 4.39 Å². The maximum atomic E-state index is 13.3. The Morgan fingerprint density at radius 2 is 2.22 bits per heavy atom. The van der Waals surface area contributed by atoms with Crippen LogP contribution in [0.3, 0.4) is 0 Å². The minimum atomic E-state index is -0.413. The molecule has 0 radical (unpaired) electrons. The zero-order chi connectivity index (χ0) is 13.3. The Labute approximate surface area is 110 Å². The van der Waals surface area contributed by atoms with E-state index in [2.05, 4.69) is 5.10 Å². The van der Waals surface area contributed by atoms with Gasteiger partial charge in [-0.05, 0) is 25.0 Å². The van der Waals surface area contributed by atoms with Crippen LogP contribution in [0.15, 0.2) is 24.4 Å². The molecule has 0 aliphatic carbocycles. The second kappa shape index (κ2) is 5.08. The van der Waals surface area contributed by atoms with E-state index < -0.39 is 5.82 Å². The average Bonchev–Trinajstić information content (AvgIpc) is 2.64. The quantitative estimate of drug-likeness (QED) is 0.929. The molecule has 18 heavy (non-hydrogen) atoms. The molecule has 0 saturated carbocycles. The van der Waals surface area contributed by atoms with Crippen LogP contribution < -0.4 is 5.73 Å². The first-order valence-corrected chi connectivity index (χ1v) is 6.05. The van der Waals surface area contributed by atoms with Crippen molar-refractivity contribution in [2.45, 2.75) is 19.4 Å². The van der Waals surface area contributed by atoms with Gasteiger partial charge in [0, 0.05) is 24.8 Å². The lowest BCUT2D eigenvalue weighted by atomic mass is 10.0. The van der Waals surface area contributed by atoms with Gasteiger partial charge in [0.15, 0.2) is 0 Å². The van der Waals surface area contributed by atoms with Crippen LogP contribution in [0.5, 0.6) is 0 Å². The highest BCUT2D eigenvalue weighted by molar-refractivity contribution is 6.31. The van der Waals surface area contributed by atoms with Crippen LogP contribution >= 0.6 is 11.6 Å². The van der Waals surface area contributed by atoms with Crippen molar-refractivity contribution in [2.75, 3.05) is 0 Å². The first-order chi connectivity index (χ1) is 8.49. The molecule has 0 spiro atoms. The van der Waals surface area contributed by atoms with Crippen molar-refractivity contribution in [3.05, 3.63) is 52.1 Å². The summed E-state index contributed by atoms with van der Waals surface area (Å²) < 4.78 is 15.0. The van der Waals surface area contributed by atoms with Crippen molar-refractivity contribution in [3.8, 4) is 0 Å². The van der Waals surface area contributed by atoms with E-state index in [0.717, 1.165) is 11.3 Å². The number of aromatic nitrogens is 2. The smallest absolute Gasteiger partial charge is 0.142 e. The maximum absolute atomic E-state index is 13.3. The van der Waals surface area contributed by atoms with Gasteiger partial charge in [-0.2, -0.15) is 5.10 Å². The van der Waals surface area contributed by atoms with E-state index in [-0.39, 0.29) is 11.1 Å². The molecule has 1 heterocycles. The summed E-state index contributed by atoms with van der Waals surface area (Å²) in [5.41, 5.74) is 8.68. The Bertz CT molecular complexity index is 565. The lowest BCUT2D eigenvalue weighted by molar-refractivity contribution is 0.622. The Kier molecular flexibility index (Phi) is 3.68. The first-order valence-electron chi connectivity index (χ1n) is 5.67. The predicted molar refractivity (Wildman–Crippen MR) is 70.0 cm³/mol. The topological polar surface area (TPSA) is 43.8 Å². The van der Waals surface area contributed by atoms with Crippen LogP contribution in [0.25, 0.3) is 0 Å². The summed E-state index contributed by atoms with van der Waals surface area (Å²) in [7, 11) is 1.85. The number of hydrogen-bond acceptors (Lipinski definition) is 2. The van der Waals surface area contributed by atoms with E-state index in [1.54, 1.807) is 16.8 Å². The normalized spacial score (nSPS) is 12.7. The third-order valence-corrected chi connectivity index (χ3v) is 3.35. The number of benzene rings is 1. The minimum absolute atomic E-state index is 0.148. The number of halogens is 2. The Hall–Kier alpha value is -1.39. The molecular formula is C13H15ClFN3. The van der Waals surface area contributed by atoms with Crippen LogP contribution in [0.2, 0.25) is 5.02 Å². The zero-order valence-electron chi connectivity index (χ0n) is 10.3. The standard InChI is InChI=1S/C13H15ClFN3/c1-8-10(7-18(2)17-8)12(16)6-9-4-3-5-11(15)13(9)14/h3-5,7,12H,6,16H2,1-2H3. The zero-order valence-corrected chi connectivity index (χ0v) is 11.1. The molecular weight excluding hydrogens is 253 g/mol. The van der Waals surface area contributed by atoms with E-state index in [4.69, 9.17) is 17.3 Å². The molecule has 2 rings (SSSR count). The van der Waals surface area contributed by atoms with Crippen molar-refractivity contribution in [1.82, 2.24) is 9.78 Å². The van der Waals surface area contributed by atoms with Gasteiger partial charge >= 0.3 is 0 Å². The minimum Gasteiger partial charge on any atom is -0.324 e. The molecule has 1 atom stereocenters. The van der Waals surface area contributed by atoms with E-state index in [9.17, 15) is 4.39 Å². The van der Waals surface area contributed by atoms with Gasteiger partial charge in [-0.15, -0.1) is 0 Å². The molecule has 1 unspecified atom stereocenters. The molecule has 0 fully saturated rings. The fourth-order valence-corrected chi connectivity index (χ4v) is 2.24. The first kappa shape index (κ1) is 13.1. The largest absolute Gasteiger partial charge is 0.324 e. The molecule has 1 aromatic carbocycles. The van der Waals surface area contributed by atoms with Gasteiger partial charge in [0.25, 0.3) is 0 Å². The van der Waals surface area contributed by atoms with Crippen molar-refractivity contribution in [3.63, 3.8) is 0 Å². The molecule has 0 bridgehead atoms. The number of aryl methyl sites for hydroxylation is 2. The van der Waals surface area contributed by atoms with E-state index >= 15 is 0 Å². The highest BCUT2D eigenvalue weighted by Crippen LogP contribution is 2.25. The average molecular weight is 268 g/mol. The van der Waals surface area contributed by atoms with E-state index in [1.807, 2.05) is 20.2 Å². The fourth-order valence-electron chi connectivity index (χ4n) is 2.03. The van der Waals surface area contributed by atoms with Gasteiger partial charge in [0.1, 0.15) is 5.82 Å². The van der Waals surface area contributed by atoms with E-state index in [1.165, 1.54) is 6.07 Å². The van der Waals surface area contributed by atoms with Gasteiger partial charge in [0.2, 0.25) is 0 Å². The number of rotatable bonds is 3. The van der Waals surface area contributed by atoms with Crippen molar-refractivity contribution in [1.29, 1.82) is 0 Å². The SMILES string of the molecule is Cc1nn(C)cc1C(N)Cc1cccc(F)c1Cl. The van der Waals surface area contributed by atoms with Gasteiger partial charge < -0.3 is 5.73 Å². The molecule has 0 amide bonds. The molecule has 2 aromatic rings. The third kappa shape index (κ3) is 2.54. The number of nitrogens with zero attached hydrogens (tertiary/aromatic N) is 2. The Morgan fingerprint density at radius 3 is 2.83 bits per heavy atom. The number of nitrogens with two attached hydrogens (primary N) is 1. The molecule has 0 aliphatic heterocycles. The fraction of sp³-hybridized carbons (Fsp3) is 0.308. The number of hydrogen-bond donors (Lipinski definition) is 1. The molecule has 0 aliphatic rings. The monoisotopic (exact) mass is 267 g/mol. The predicted octanol–water partition coefficient (Wildman–Crippen LogP) is 2.76. The Balaban J connectivity index is 2.24. The molecule has 3 nitrogen and oxygen atoms in total. The lowest BCUT2D eigenvalue weighted by Gasteiger charge is -2.12. The van der Waals surface area contributed by atoms with Gasteiger partial charge in [-0.3, -0.25) is 4.68 Å². The van der Waals surface area contributed by atoms with Crippen molar-refractivity contribution >= 4 is 11.6 Å². The summed E-state index contributed by atoms with van der Waals surface area (Å²) in [4.78, 5) is 0. The second-order valence-electron chi connectivity index (χ2n) is 4.37. The summed E-state index contributed by atoms with van der Waals surface area (Å²) in [6.45, 7) is 1.91. The lowest BCUT2D eigenvalue weighted by Crippen LogP contribution is -2.14. The van der Waals surface area contributed by atoms with Crippen molar-refractivity contribution in [2.24, 2.45) is 12.8 Å². The van der Waals surface area contributed by atoms with Crippen LogP contribution in [0.1, 0.15) is 22.9 Å². The summed E-state index contributed by atoms with van der Waals surface area (Å²) in [6, 6.07) is 4.53. The van der Waals surface area contributed by atoms with E-state index in [0.29, 0.717) is 12.0 Å². The summed E-state index contributed by atoms with van der Waals surface area (Å²) in [5, 5.41) is 4.39. The van der Waals surface area contributed by atoms with Gasteiger partial charge in [0.05, 0.1) is 10.7 Å². The highest BCUT2D eigenvalue weighted by Gasteiger charge is 2.15. The summed E-state index contributed by atoms with van der Waals surface area (Å²) >= 11 is 5.92. The third-order valence-electron chi connectivity index (χ3n) is 2.92. The summed E-state index contributed by atoms with van der Waals surface area (Å²) in [6.07, 6.45) is 2.37. The van der Waals surface area contributed by atoms with Gasteiger partial charge in [-0.1, -0.05) is 23.7 Å². The van der Waals surface area contributed by atoms with Crippen LogP contribution in [0.4, 0.5) is 4.39 Å². The molecule has 5 heteroatoms. The van der Waals surface area contributed by atoms with Crippen LogP contribution in [-0.4, -0.2) is 9.78 Å². The molecule has 96 valence electrons. The van der Waals surface area contributed by atoms with Gasteiger partial charge in [-0.25, -0.2) is 4.39 Å². The van der Waals surface area contributed by atoms with Crippen LogP contribution in [0, 0.1) is 12.7 Å². The maximum Gasteiger partial charge on any atom is 0.142 e. The molecule has 2 N–H and O–H groups in total. The Morgan fingerprint density at radius 1 is 1.50 bits per heavy atom. The van der Waals surface area contributed by atoms with Crippen LogP contribution in [-0.2, 0) is 13.5 Å². The summed E-state index contributed by atoms with van der Waals surface area (Å²) in [5.74, 6) is -0.413. The molecule has 1 aromatic heterocycles.